The van der Waals surface area contributed by atoms with Crippen molar-refractivity contribution in [1.29, 1.82) is 0 Å². The molecule has 2 aromatic rings. The van der Waals surface area contributed by atoms with Gasteiger partial charge in [0.15, 0.2) is 0 Å². The zero-order valence-electron chi connectivity index (χ0n) is 11.2. The molecule has 0 fully saturated rings. The normalized spacial score (nSPS) is 10.3. The van der Waals surface area contributed by atoms with E-state index in [0.29, 0.717) is 17.1 Å². The second kappa shape index (κ2) is 7.03. The number of amides is 1. The van der Waals surface area contributed by atoms with Crippen LogP contribution in [0.15, 0.2) is 42.7 Å². The monoisotopic (exact) mass is 289 g/mol. The molecule has 1 aromatic heterocycles. The molecule has 0 aliphatic carbocycles. The number of halogens is 1. The summed E-state index contributed by atoms with van der Waals surface area (Å²) in [6, 6.07) is 9.29. The summed E-state index contributed by atoms with van der Waals surface area (Å²) in [4.78, 5) is 16.1. The van der Waals surface area contributed by atoms with Crippen LogP contribution >= 0.6 is 11.6 Å². The first-order valence-corrected chi connectivity index (χ1v) is 6.79. The van der Waals surface area contributed by atoms with Crippen LogP contribution in [0.25, 0.3) is 0 Å². The molecule has 0 atom stereocenters. The highest BCUT2D eigenvalue weighted by atomic mass is 35.5. The minimum Gasteiger partial charge on any atom is -0.322 e. The zero-order chi connectivity index (χ0) is 14.4. The van der Waals surface area contributed by atoms with E-state index in [9.17, 15) is 4.79 Å². The third-order valence-corrected chi connectivity index (χ3v) is 3.15. The number of pyridine rings is 1. The summed E-state index contributed by atoms with van der Waals surface area (Å²) in [6.45, 7) is 3.62. The lowest BCUT2D eigenvalue weighted by Crippen LogP contribution is -2.17. The van der Waals surface area contributed by atoms with Crippen molar-refractivity contribution in [2.75, 3.05) is 11.9 Å². The summed E-state index contributed by atoms with van der Waals surface area (Å²) in [5.41, 5.74) is 2.24. The van der Waals surface area contributed by atoms with Crippen molar-refractivity contribution < 1.29 is 4.79 Å². The average molecular weight is 290 g/mol. The topological polar surface area (TPSA) is 54.0 Å². The number of anilines is 1. The van der Waals surface area contributed by atoms with Crippen LogP contribution in [-0.2, 0) is 6.54 Å². The quantitative estimate of drug-likeness (QED) is 0.889. The molecule has 0 radical (unpaired) electrons. The summed E-state index contributed by atoms with van der Waals surface area (Å²) in [5, 5.41) is 6.47. The number of para-hydroxylation sites is 1. The Bertz CT molecular complexity index is 601. The van der Waals surface area contributed by atoms with E-state index in [1.54, 1.807) is 12.3 Å². The highest BCUT2D eigenvalue weighted by Gasteiger charge is 2.11. The molecule has 2 N–H and O–H groups in total. The summed E-state index contributed by atoms with van der Waals surface area (Å²) in [5.74, 6) is -0.235. The van der Waals surface area contributed by atoms with Crippen molar-refractivity contribution >= 4 is 23.2 Å². The van der Waals surface area contributed by atoms with Gasteiger partial charge in [0.05, 0.1) is 10.6 Å². The van der Waals surface area contributed by atoms with E-state index in [1.165, 1.54) is 6.20 Å². The molecule has 20 heavy (non-hydrogen) atoms. The van der Waals surface area contributed by atoms with Crippen molar-refractivity contribution in [2.45, 2.75) is 13.5 Å². The van der Waals surface area contributed by atoms with Gasteiger partial charge in [0.1, 0.15) is 0 Å². The van der Waals surface area contributed by atoms with Gasteiger partial charge in [-0.05, 0) is 24.2 Å². The molecule has 0 aliphatic rings. The van der Waals surface area contributed by atoms with Crippen LogP contribution in [0.2, 0.25) is 5.02 Å². The van der Waals surface area contributed by atoms with Gasteiger partial charge in [-0.1, -0.05) is 36.7 Å². The zero-order valence-corrected chi connectivity index (χ0v) is 11.9. The van der Waals surface area contributed by atoms with Crippen molar-refractivity contribution in [3.63, 3.8) is 0 Å². The number of rotatable bonds is 5. The second-order valence-electron chi connectivity index (χ2n) is 4.25. The fourth-order valence-electron chi connectivity index (χ4n) is 1.81. The molecule has 0 saturated heterocycles. The van der Waals surface area contributed by atoms with Gasteiger partial charge in [0.25, 0.3) is 5.91 Å². The van der Waals surface area contributed by atoms with E-state index in [1.807, 2.05) is 31.2 Å². The van der Waals surface area contributed by atoms with Crippen LogP contribution in [-0.4, -0.2) is 17.4 Å². The predicted octanol–water partition coefficient (Wildman–Crippen LogP) is 3.10. The van der Waals surface area contributed by atoms with Gasteiger partial charge in [-0.15, -0.1) is 0 Å². The molecule has 1 heterocycles. The van der Waals surface area contributed by atoms with Gasteiger partial charge in [0.2, 0.25) is 0 Å². The third-order valence-electron chi connectivity index (χ3n) is 2.85. The Morgan fingerprint density at radius 2 is 2.10 bits per heavy atom. The molecule has 0 saturated carbocycles. The number of nitrogens with one attached hydrogen (secondary N) is 2. The van der Waals surface area contributed by atoms with E-state index in [2.05, 4.69) is 15.6 Å². The van der Waals surface area contributed by atoms with Gasteiger partial charge >= 0.3 is 0 Å². The fraction of sp³-hybridized carbons (Fsp3) is 0.200. The number of hydrogen-bond acceptors (Lipinski definition) is 3. The average Bonchev–Trinajstić information content (AvgIpc) is 2.46. The summed E-state index contributed by atoms with van der Waals surface area (Å²) >= 11 is 5.97. The van der Waals surface area contributed by atoms with Gasteiger partial charge in [-0.2, -0.15) is 0 Å². The molecular formula is C15H16ClN3O. The highest BCUT2D eigenvalue weighted by Crippen LogP contribution is 2.19. The lowest BCUT2D eigenvalue weighted by atomic mass is 10.1. The van der Waals surface area contributed by atoms with Crippen LogP contribution in [0.1, 0.15) is 22.8 Å². The molecule has 0 unspecified atom stereocenters. The van der Waals surface area contributed by atoms with Gasteiger partial charge in [-0.3, -0.25) is 9.78 Å². The molecule has 0 aliphatic heterocycles. The van der Waals surface area contributed by atoms with Crippen LogP contribution in [0.4, 0.5) is 5.69 Å². The lowest BCUT2D eigenvalue weighted by Gasteiger charge is -2.11. The summed E-state index contributed by atoms with van der Waals surface area (Å²) in [6.07, 6.45) is 3.01. The first-order chi connectivity index (χ1) is 9.72. The van der Waals surface area contributed by atoms with Crippen molar-refractivity contribution in [3.05, 3.63) is 58.9 Å². The highest BCUT2D eigenvalue weighted by molar-refractivity contribution is 6.34. The van der Waals surface area contributed by atoms with Crippen LogP contribution in [0.5, 0.6) is 0 Å². The number of carbonyl (C=O) groups excluding carboxylic acids is 1. The minimum atomic E-state index is -0.235. The predicted molar refractivity (Wildman–Crippen MR) is 81.0 cm³/mol. The van der Waals surface area contributed by atoms with Crippen molar-refractivity contribution in [2.24, 2.45) is 0 Å². The maximum absolute atomic E-state index is 12.2. The summed E-state index contributed by atoms with van der Waals surface area (Å²) < 4.78 is 0. The lowest BCUT2D eigenvalue weighted by molar-refractivity contribution is 0.102. The second-order valence-corrected chi connectivity index (χ2v) is 4.65. The Morgan fingerprint density at radius 1 is 1.30 bits per heavy atom. The maximum Gasteiger partial charge on any atom is 0.257 e. The van der Waals surface area contributed by atoms with Crippen LogP contribution in [0, 0.1) is 0 Å². The first kappa shape index (κ1) is 14.5. The van der Waals surface area contributed by atoms with E-state index in [-0.39, 0.29) is 5.91 Å². The molecule has 1 amide bonds. The Kier molecular flexibility index (Phi) is 5.09. The number of carbonyl (C=O) groups is 1. The first-order valence-electron chi connectivity index (χ1n) is 6.42. The molecule has 0 bridgehead atoms. The summed E-state index contributed by atoms with van der Waals surface area (Å²) in [7, 11) is 0. The molecular weight excluding hydrogens is 274 g/mol. The number of aromatic nitrogens is 1. The molecule has 0 spiro atoms. The maximum atomic E-state index is 12.2. The SMILES string of the molecule is CCNCc1ccccc1NC(=O)c1ccncc1Cl. The largest absolute Gasteiger partial charge is 0.322 e. The molecule has 2 rings (SSSR count). The molecule has 1 aromatic carbocycles. The number of hydrogen-bond donors (Lipinski definition) is 2. The van der Waals surface area contributed by atoms with E-state index >= 15 is 0 Å². The Balaban J connectivity index is 2.18. The van der Waals surface area contributed by atoms with E-state index in [0.717, 1.165) is 17.8 Å². The number of nitrogens with zero attached hydrogens (tertiary/aromatic N) is 1. The Morgan fingerprint density at radius 3 is 2.85 bits per heavy atom. The van der Waals surface area contributed by atoms with Gasteiger partial charge < -0.3 is 10.6 Å². The minimum absolute atomic E-state index is 0.235. The standard InChI is InChI=1S/C15H16ClN3O/c1-2-17-9-11-5-3-4-6-14(11)19-15(20)12-7-8-18-10-13(12)16/h3-8,10,17H,2,9H2,1H3,(H,19,20). The van der Waals surface area contributed by atoms with Crippen LogP contribution in [0.3, 0.4) is 0 Å². The Labute approximate surface area is 123 Å². The smallest absolute Gasteiger partial charge is 0.257 e. The molecule has 104 valence electrons. The van der Waals surface area contributed by atoms with Crippen molar-refractivity contribution in [3.8, 4) is 0 Å². The third kappa shape index (κ3) is 3.56. The fourth-order valence-corrected chi connectivity index (χ4v) is 2.01. The van der Waals surface area contributed by atoms with Crippen LogP contribution < -0.4 is 10.6 Å². The Hall–Kier alpha value is -1.91. The molecule has 5 heteroatoms. The van der Waals surface area contributed by atoms with E-state index < -0.39 is 0 Å². The van der Waals surface area contributed by atoms with Gasteiger partial charge in [0, 0.05) is 24.6 Å². The number of benzene rings is 1. The van der Waals surface area contributed by atoms with Crippen molar-refractivity contribution in [1.82, 2.24) is 10.3 Å². The van der Waals surface area contributed by atoms with E-state index in [4.69, 9.17) is 11.6 Å². The van der Waals surface area contributed by atoms with Gasteiger partial charge in [-0.25, -0.2) is 0 Å². The molecule has 4 nitrogen and oxygen atoms in total.